The number of piperidine rings is 1. The highest BCUT2D eigenvalue weighted by molar-refractivity contribution is 5.03. The summed E-state index contributed by atoms with van der Waals surface area (Å²) in [6, 6.07) is 1.43. The van der Waals surface area contributed by atoms with Crippen LogP contribution in [0.3, 0.4) is 0 Å². The summed E-state index contributed by atoms with van der Waals surface area (Å²) in [5.74, 6) is 0. The first-order valence-electron chi connectivity index (χ1n) is 6.97. The second-order valence-electron chi connectivity index (χ2n) is 6.65. The van der Waals surface area contributed by atoms with E-state index in [9.17, 15) is 0 Å². The van der Waals surface area contributed by atoms with Gasteiger partial charge in [0.1, 0.15) is 0 Å². The molecule has 0 bridgehead atoms. The standard InChI is InChI=1S/C15H30N2/c1-12(10-16-15(4,5)6)11-17-13(2)8-7-9-14(17)3/h13-14,16H,1,7-11H2,2-6H3/t13-,14+. The van der Waals surface area contributed by atoms with E-state index in [1.807, 2.05) is 0 Å². The molecule has 0 aromatic rings. The highest BCUT2D eigenvalue weighted by Gasteiger charge is 2.24. The van der Waals surface area contributed by atoms with Gasteiger partial charge in [-0.05, 0) is 53.0 Å². The molecule has 0 amide bonds. The van der Waals surface area contributed by atoms with Crippen LogP contribution in [0.15, 0.2) is 12.2 Å². The van der Waals surface area contributed by atoms with Gasteiger partial charge in [-0.3, -0.25) is 4.90 Å². The maximum atomic E-state index is 4.22. The average Bonchev–Trinajstić information content (AvgIpc) is 2.20. The monoisotopic (exact) mass is 238 g/mol. The van der Waals surface area contributed by atoms with Crippen molar-refractivity contribution >= 4 is 0 Å². The number of hydrogen-bond acceptors (Lipinski definition) is 2. The molecule has 1 rings (SSSR count). The molecule has 17 heavy (non-hydrogen) atoms. The van der Waals surface area contributed by atoms with Crippen LogP contribution in [0.5, 0.6) is 0 Å². The minimum absolute atomic E-state index is 0.183. The Bertz CT molecular complexity index is 242. The summed E-state index contributed by atoms with van der Waals surface area (Å²) < 4.78 is 0. The van der Waals surface area contributed by atoms with Gasteiger partial charge in [0, 0.05) is 30.7 Å². The summed E-state index contributed by atoms with van der Waals surface area (Å²) in [5.41, 5.74) is 1.49. The molecule has 2 atom stereocenters. The summed E-state index contributed by atoms with van der Waals surface area (Å²) in [6.45, 7) is 17.5. The van der Waals surface area contributed by atoms with Gasteiger partial charge >= 0.3 is 0 Å². The van der Waals surface area contributed by atoms with Crippen molar-refractivity contribution in [2.75, 3.05) is 13.1 Å². The Morgan fingerprint density at radius 2 is 1.76 bits per heavy atom. The second kappa shape index (κ2) is 6.01. The number of likely N-dealkylation sites (tertiary alicyclic amines) is 1. The van der Waals surface area contributed by atoms with Gasteiger partial charge in [0.05, 0.1) is 0 Å². The van der Waals surface area contributed by atoms with E-state index in [2.05, 4.69) is 51.4 Å². The van der Waals surface area contributed by atoms with Gasteiger partial charge in [0.15, 0.2) is 0 Å². The highest BCUT2D eigenvalue weighted by Crippen LogP contribution is 2.23. The molecule has 1 fully saturated rings. The zero-order chi connectivity index (χ0) is 13.1. The van der Waals surface area contributed by atoms with E-state index in [-0.39, 0.29) is 5.54 Å². The van der Waals surface area contributed by atoms with E-state index in [1.54, 1.807) is 0 Å². The Balaban J connectivity index is 2.39. The number of nitrogens with zero attached hydrogens (tertiary/aromatic N) is 1. The van der Waals surface area contributed by atoms with E-state index in [4.69, 9.17) is 0 Å². The molecule has 1 saturated heterocycles. The quantitative estimate of drug-likeness (QED) is 0.757. The first kappa shape index (κ1) is 14.7. The van der Waals surface area contributed by atoms with Crippen LogP contribution in [0, 0.1) is 0 Å². The van der Waals surface area contributed by atoms with E-state index in [0.29, 0.717) is 12.1 Å². The molecule has 1 heterocycles. The Labute approximate surface area is 107 Å². The summed E-state index contributed by atoms with van der Waals surface area (Å²) in [6.07, 6.45) is 4.06. The van der Waals surface area contributed by atoms with Crippen LogP contribution in [0.2, 0.25) is 0 Å². The van der Waals surface area contributed by atoms with Crippen LogP contribution in [0.25, 0.3) is 0 Å². The van der Waals surface area contributed by atoms with Crippen molar-refractivity contribution in [1.29, 1.82) is 0 Å². The maximum Gasteiger partial charge on any atom is 0.0208 e. The molecule has 1 aliphatic rings. The second-order valence-corrected chi connectivity index (χ2v) is 6.65. The Hall–Kier alpha value is -0.340. The van der Waals surface area contributed by atoms with E-state index in [0.717, 1.165) is 13.1 Å². The van der Waals surface area contributed by atoms with Gasteiger partial charge in [-0.15, -0.1) is 0 Å². The molecule has 0 aromatic carbocycles. The predicted molar refractivity (Wildman–Crippen MR) is 76.4 cm³/mol. The zero-order valence-corrected chi connectivity index (χ0v) is 12.3. The number of nitrogens with one attached hydrogen (secondary N) is 1. The van der Waals surface area contributed by atoms with Crippen molar-refractivity contribution in [2.45, 2.75) is 71.5 Å². The van der Waals surface area contributed by atoms with Crippen molar-refractivity contribution in [2.24, 2.45) is 0 Å². The van der Waals surface area contributed by atoms with E-state index < -0.39 is 0 Å². The van der Waals surface area contributed by atoms with Crippen LogP contribution in [0.4, 0.5) is 0 Å². The molecular weight excluding hydrogens is 208 g/mol. The predicted octanol–water partition coefficient (Wildman–Crippen LogP) is 3.19. The lowest BCUT2D eigenvalue weighted by molar-refractivity contribution is 0.114. The molecule has 0 radical (unpaired) electrons. The Morgan fingerprint density at radius 1 is 1.24 bits per heavy atom. The smallest absolute Gasteiger partial charge is 0.0208 e. The lowest BCUT2D eigenvalue weighted by atomic mass is 9.97. The fraction of sp³-hybridized carbons (Fsp3) is 0.867. The lowest BCUT2D eigenvalue weighted by Crippen LogP contribution is -2.46. The highest BCUT2D eigenvalue weighted by atomic mass is 15.2. The topological polar surface area (TPSA) is 15.3 Å². The summed E-state index contributed by atoms with van der Waals surface area (Å²) in [5, 5.41) is 3.51. The maximum absolute atomic E-state index is 4.22. The van der Waals surface area contributed by atoms with Gasteiger partial charge in [-0.1, -0.05) is 13.0 Å². The third kappa shape index (κ3) is 5.22. The molecule has 2 heteroatoms. The molecule has 100 valence electrons. The van der Waals surface area contributed by atoms with Gasteiger partial charge in [-0.25, -0.2) is 0 Å². The number of rotatable bonds is 4. The van der Waals surface area contributed by atoms with Crippen LogP contribution in [-0.2, 0) is 0 Å². The van der Waals surface area contributed by atoms with Crippen LogP contribution in [-0.4, -0.2) is 35.6 Å². The molecule has 0 saturated carbocycles. The largest absolute Gasteiger partial charge is 0.308 e. The van der Waals surface area contributed by atoms with Gasteiger partial charge in [0.25, 0.3) is 0 Å². The molecule has 2 nitrogen and oxygen atoms in total. The molecule has 1 aliphatic heterocycles. The Morgan fingerprint density at radius 3 is 2.24 bits per heavy atom. The molecule has 0 unspecified atom stereocenters. The van der Waals surface area contributed by atoms with Crippen LogP contribution >= 0.6 is 0 Å². The van der Waals surface area contributed by atoms with Crippen molar-refractivity contribution in [3.63, 3.8) is 0 Å². The average molecular weight is 238 g/mol. The van der Waals surface area contributed by atoms with Crippen LogP contribution in [0.1, 0.15) is 53.9 Å². The van der Waals surface area contributed by atoms with E-state index >= 15 is 0 Å². The third-order valence-corrected chi connectivity index (χ3v) is 3.65. The summed E-state index contributed by atoms with van der Waals surface area (Å²) in [4.78, 5) is 2.61. The first-order chi connectivity index (χ1) is 7.79. The fourth-order valence-electron chi connectivity index (χ4n) is 2.49. The number of hydrogen-bond donors (Lipinski definition) is 1. The van der Waals surface area contributed by atoms with Crippen molar-refractivity contribution in [3.05, 3.63) is 12.2 Å². The zero-order valence-electron chi connectivity index (χ0n) is 12.3. The lowest BCUT2D eigenvalue weighted by Gasteiger charge is -2.39. The fourth-order valence-corrected chi connectivity index (χ4v) is 2.49. The van der Waals surface area contributed by atoms with Crippen molar-refractivity contribution in [1.82, 2.24) is 10.2 Å². The van der Waals surface area contributed by atoms with E-state index in [1.165, 1.54) is 24.8 Å². The summed E-state index contributed by atoms with van der Waals surface area (Å²) in [7, 11) is 0. The minimum atomic E-state index is 0.183. The molecule has 0 spiro atoms. The van der Waals surface area contributed by atoms with Crippen molar-refractivity contribution in [3.8, 4) is 0 Å². The SMILES string of the molecule is C=C(CNC(C)(C)C)CN1[C@H](C)CCC[C@@H]1C. The Kier molecular flexibility index (Phi) is 5.21. The normalized spacial score (nSPS) is 27.1. The summed E-state index contributed by atoms with van der Waals surface area (Å²) >= 11 is 0. The van der Waals surface area contributed by atoms with Gasteiger partial charge < -0.3 is 5.32 Å². The van der Waals surface area contributed by atoms with Crippen molar-refractivity contribution < 1.29 is 0 Å². The van der Waals surface area contributed by atoms with Crippen LogP contribution < -0.4 is 5.32 Å². The van der Waals surface area contributed by atoms with Gasteiger partial charge in [-0.2, -0.15) is 0 Å². The molecule has 0 aromatic heterocycles. The first-order valence-corrected chi connectivity index (χ1v) is 6.97. The van der Waals surface area contributed by atoms with Gasteiger partial charge in [0.2, 0.25) is 0 Å². The third-order valence-electron chi connectivity index (χ3n) is 3.65. The minimum Gasteiger partial charge on any atom is -0.308 e. The molecule has 1 N–H and O–H groups in total. The molecular formula is C15H30N2. The molecule has 0 aliphatic carbocycles.